The van der Waals surface area contributed by atoms with Crippen molar-refractivity contribution in [2.45, 2.75) is 38.3 Å². The van der Waals surface area contributed by atoms with Crippen molar-refractivity contribution in [1.82, 2.24) is 4.90 Å². The summed E-state index contributed by atoms with van der Waals surface area (Å²) in [6.45, 7) is 2.65. The highest BCUT2D eigenvalue weighted by atomic mass is 16.2. The first-order valence-corrected chi connectivity index (χ1v) is 11.3. The van der Waals surface area contributed by atoms with Crippen molar-refractivity contribution in [3.8, 4) is 0 Å². The molecule has 0 unspecified atom stereocenters. The molecule has 0 radical (unpaired) electrons. The number of allylic oxidation sites excluding steroid dienone is 1. The molecule has 2 N–H and O–H groups in total. The lowest BCUT2D eigenvalue weighted by Gasteiger charge is -2.26. The fourth-order valence-electron chi connectivity index (χ4n) is 4.42. The van der Waals surface area contributed by atoms with Gasteiger partial charge in [-0.25, -0.2) is 0 Å². The number of likely N-dealkylation sites (N-methyl/N-ethyl adjacent to an activating group) is 1. The van der Waals surface area contributed by atoms with Crippen LogP contribution in [0, 0.1) is 0 Å². The minimum absolute atomic E-state index is 0.0465. The molecule has 0 amide bonds. The Morgan fingerprint density at radius 1 is 0.906 bits per heavy atom. The predicted molar refractivity (Wildman–Crippen MR) is 133 cm³/mol. The first kappa shape index (κ1) is 22.0. The summed E-state index contributed by atoms with van der Waals surface area (Å²) in [5.74, 6) is 0. The van der Waals surface area contributed by atoms with Crippen LogP contribution in [0.15, 0.2) is 70.3 Å². The normalized spacial score (nSPS) is 14.8. The lowest BCUT2D eigenvalue weighted by atomic mass is 10.00. The van der Waals surface area contributed by atoms with Gasteiger partial charge in [-0.2, -0.15) is 0 Å². The molecule has 0 aromatic heterocycles. The Morgan fingerprint density at radius 3 is 2.34 bits per heavy atom. The maximum absolute atomic E-state index is 12.3. The lowest BCUT2D eigenvalue weighted by Crippen LogP contribution is -2.42. The van der Waals surface area contributed by atoms with Crippen molar-refractivity contribution in [1.29, 1.82) is 0 Å². The minimum Gasteiger partial charge on any atom is -0.378 e. The zero-order chi connectivity index (χ0) is 22.7. The second-order valence-corrected chi connectivity index (χ2v) is 8.94. The molecule has 0 spiro atoms. The molecule has 166 valence electrons. The quantitative estimate of drug-likeness (QED) is 0.481. The number of nitrogens with one attached hydrogen (secondary N) is 2. The summed E-state index contributed by atoms with van der Waals surface area (Å²) < 4.78 is 0. The average molecular weight is 430 g/mol. The number of hydrogen-bond acceptors (Lipinski definition) is 5. The monoisotopic (exact) mass is 429 g/mol. The number of anilines is 2. The third-order valence-corrected chi connectivity index (χ3v) is 6.32. The van der Waals surface area contributed by atoms with Gasteiger partial charge in [0.1, 0.15) is 11.4 Å². The van der Waals surface area contributed by atoms with E-state index in [9.17, 15) is 9.59 Å². The van der Waals surface area contributed by atoms with E-state index in [4.69, 9.17) is 0 Å². The number of hydrogen-bond donors (Lipinski definition) is 2. The zero-order valence-corrected chi connectivity index (χ0v) is 19.0. The molecule has 5 heteroatoms. The van der Waals surface area contributed by atoms with Crippen LogP contribution in [0.1, 0.15) is 30.0 Å². The van der Waals surface area contributed by atoms with Gasteiger partial charge < -0.3 is 15.5 Å². The number of rotatable bonds is 10. The second-order valence-electron chi connectivity index (χ2n) is 8.94. The largest absolute Gasteiger partial charge is 0.378 e. The summed E-state index contributed by atoms with van der Waals surface area (Å²) in [6, 6.07) is 19.0. The summed E-state index contributed by atoms with van der Waals surface area (Å²) in [4.78, 5) is 26.7. The highest BCUT2D eigenvalue weighted by Gasteiger charge is 2.24. The molecule has 0 bridgehead atoms. The summed E-state index contributed by atoms with van der Waals surface area (Å²) in [7, 11) is 4.07. The smallest absolute Gasteiger partial charge is 0.253 e. The standard InChI is InChI=1S/C27H31N3O2/c1-18(15-21-14-13-20-11-7-8-12-23(20)21)29-25-24(26(31)27(25)32)28-17-22(30(2)3)16-19-9-5-4-6-10-19/h4-12,14,18,22,28-29H,13,15-17H2,1-3H3/t18-,22-/m1/s1. The molecular weight excluding hydrogens is 398 g/mol. The van der Waals surface area contributed by atoms with Crippen molar-refractivity contribution in [3.63, 3.8) is 0 Å². The van der Waals surface area contributed by atoms with Gasteiger partial charge in [0.2, 0.25) is 0 Å². The van der Waals surface area contributed by atoms with Gasteiger partial charge >= 0.3 is 0 Å². The van der Waals surface area contributed by atoms with Crippen molar-refractivity contribution in [2.24, 2.45) is 0 Å². The Balaban J connectivity index is 1.39. The molecule has 3 aromatic rings. The molecule has 0 aliphatic heterocycles. The first-order valence-electron chi connectivity index (χ1n) is 11.3. The summed E-state index contributed by atoms with van der Waals surface area (Å²) in [5, 5.41) is 6.56. The molecule has 5 nitrogen and oxygen atoms in total. The van der Waals surface area contributed by atoms with Crippen molar-refractivity contribution >= 4 is 16.9 Å². The SMILES string of the molecule is C[C@H](CC1=CCc2ccccc21)Nc1c(NC[C@@H](Cc2ccccc2)N(C)C)c(=O)c1=O. The molecule has 0 heterocycles. The van der Waals surface area contributed by atoms with Crippen molar-refractivity contribution in [2.75, 3.05) is 31.3 Å². The minimum atomic E-state index is -0.428. The third kappa shape index (κ3) is 4.68. The van der Waals surface area contributed by atoms with Crippen LogP contribution in [0.4, 0.5) is 11.4 Å². The van der Waals surface area contributed by atoms with E-state index in [1.54, 1.807) is 0 Å². The van der Waals surface area contributed by atoms with Crippen LogP contribution in [-0.2, 0) is 12.8 Å². The molecule has 2 atom stereocenters. The summed E-state index contributed by atoms with van der Waals surface area (Å²) >= 11 is 0. The van der Waals surface area contributed by atoms with Crippen molar-refractivity contribution in [3.05, 3.63) is 97.8 Å². The third-order valence-electron chi connectivity index (χ3n) is 6.32. The van der Waals surface area contributed by atoms with E-state index in [1.165, 1.54) is 22.3 Å². The van der Waals surface area contributed by atoms with Crippen molar-refractivity contribution < 1.29 is 0 Å². The van der Waals surface area contributed by atoms with Gasteiger partial charge in [-0.05, 0) is 62.5 Å². The van der Waals surface area contributed by atoms with Crippen LogP contribution < -0.4 is 21.5 Å². The Bertz CT molecular complexity index is 1170. The molecule has 0 fully saturated rings. The van der Waals surface area contributed by atoms with Gasteiger partial charge in [0.15, 0.2) is 0 Å². The maximum Gasteiger partial charge on any atom is 0.253 e. The van der Waals surface area contributed by atoms with Gasteiger partial charge in [0.25, 0.3) is 10.9 Å². The van der Waals surface area contributed by atoms with Crippen LogP contribution >= 0.6 is 0 Å². The van der Waals surface area contributed by atoms with Gasteiger partial charge in [-0.3, -0.25) is 9.59 Å². The van der Waals surface area contributed by atoms with Gasteiger partial charge in [-0.15, -0.1) is 0 Å². The van der Waals surface area contributed by atoms with Crippen LogP contribution in [-0.4, -0.2) is 37.6 Å². The number of fused-ring (bicyclic) bond motifs is 1. The van der Waals surface area contributed by atoms with E-state index in [-0.39, 0.29) is 12.1 Å². The Labute approximate surface area is 189 Å². The molecule has 0 saturated carbocycles. The predicted octanol–water partition coefficient (Wildman–Crippen LogP) is 3.70. The maximum atomic E-state index is 12.3. The molecule has 3 aromatic carbocycles. The van der Waals surface area contributed by atoms with E-state index >= 15 is 0 Å². The molecule has 4 rings (SSSR count). The Morgan fingerprint density at radius 2 is 1.59 bits per heavy atom. The van der Waals surface area contributed by atoms with E-state index in [0.29, 0.717) is 17.9 Å². The highest BCUT2D eigenvalue weighted by molar-refractivity contribution is 5.76. The second kappa shape index (κ2) is 9.53. The van der Waals surface area contributed by atoms with E-state index < -0.39 is 10.9 Å². The highest BCUT2D eigenvalue weighted by Crippen LogP contribution is 2.31. The molecule has 1 aliphatic carbocycles. The summed E-state index contributed by atoms with van der Waals surface area (Å²) in [6.07, 6.45) is 4.89. The molecule has 1 aliphatic rings. The fourth-order valence-corrected chi connectivity index (χ4v) is 4.42. The molecule has 32 heavy (non-hydrogen) atoms. The Hall–Kier alpha value is -3.18. The molecular formula is C27H31N3O2. The summed E-state index contributed by atoms with van der Waals surface area (Å²) in [5.41, 5.74) is 5.17. The topological polar surface area (TPSA) is 61.4 Å². The van der Waals surface area contributed by atoms with Gasteiger partial charge in [-0.1, -0.05) is 60.7 Å². The molecule has 0 saturated heterocycles. The van der Waals surface area contributed by atoms with Crippen LogP contribution in [0.5, 0.6) is 0 Å². The average Bonchev–Trinajstić information content (AvgIpc) is 3.20. The van der Waals surface area contributed by atoms with Gasteiger partial charge in [0, 0.05) is 18.6 Å². The van der Waals surface area contributed by atoms with E-state index in [1.807, 2.05) is 32.3 Å². The van der Waals surface area contributed by atoms with E-state index in [0.717, 1.165) is 19.3 Å². The Kier molecular flexibility index (Phi) is 6.56. The zero-order valence-electron chi connectivity index (χ0n) is 19.0. The number of benzene rings is 2. The van der Waals surface area contributed by atoms with Gasteiger partial charge in [0.05, 0.1) is 0 Å². The fraction of sp³-hybridized carbons (Fsp3) is 0.333. The van der Waals surface area contributed by atoms with Crippen LogP contribution in [0.2, 0.25) is 0 Å². The van der Waals surface area contributed by atoms with Crippen LogP contribution in [0.3, 0.4) is 0 Å². The number of nitrogens with zero attached hydrogens (tertiary/aromatic N) is 1. The van der Waals surface area contributed by atoms with Crippen LogP contribution in [0.25, 0.3) is 5.57 Å². The lowest BCUT2D eigenvalue weighted by molar-refractivity contribution is 0.303. The first-order chi connectivity index (χ1) is 15.4. The van der Waals surface area contributed by atoms with E-state index in [2.05, 4.69) is 64.9 Å².